The predicted octanol–water partition coefficient (Wildman–Crippen LogP) is 0.328. The highest BCUT2D eigenvalue weighted by Crippen LogP contribution is 2.29. The highest BCUT2D eigenvalue weighted by molar-refractivity contribution is 5.94. The van der Waals surface area contributed by atoms with Gasteiger partial charge < -0.3 is 15.1 Å². The quantitative estimate of drug-likeness (QED) is 0.638. The van der Waals surface area contributed by atoms with E-state index in [-0.39, 0.29) is 31.0 Å². The van der Waals surface area contributed by atoms with E-state index in [1.165, 1.54) is 0 Å². The number of hydrazine groups is 1. The molecule has 2 saturated heterocycles. The molecule has 0 aliphatic carbocycles. The van der Waals surface area contributed by atoms with Gasteiger partial charge in [-0.25, -0.2) is 0 Å². The summed E-state index contributed by atoms with van der Waals surface area (Å²) in [6, 6.07) is 8.43. The molecule has 132 valence electrons. The molecule has 0 spiro atoms. The monoisotopic (exact) mass is 333 g/mol. The lowest BCUT2D eigenvalue weighted by Gasteiger charge is -2.21. The van der Waals surface area contributed by atoms with Gasteiger partial charge >= 0.3 is 0 Å². The van der Waals surface area contributed by atoms with E-state index in [1.807, 2.05) is 18.2 Å². The summed E-state index contributed by atoms with van der Waals surface area (Å²) in [5.41, 5.74) is 8.32. The van der Waals surface area contributed by atoms with Gasteiger partial charge in [-0.15, -0.1) is 0 Å². The molecule has 24 heavy (non-hydrogen) atoms. The maximum atomic E-state index is 12.8. The van der Waals surface area contributed by atoms with Gasteiger partial charge in [0.15, 0.2) is 0 Å². The lowest BCUT2D eigenvalue weighted by molar-refractivity contribution is 0.0778. The summed E-state index contributed by atoms with van der Waals surface area (Å²) in [7, 11) is 0. The van der Waals surface area contributed by atoms with Crippen LogP contribution in [-0.2, 0) is 0 Å². The van der Waals surface area contributed by atoms with Crippen LogP contribution in [0.15, 0.2) is 24.3 Å². The van der Waals surface area contributed by atoms with Crippen LogP contribution in [0.3, 0.4) is 0 Å². The molecular weight excluding hydrogens is 306 g/mol. The van der Waals surface area contributed by atoms with Crippen LogP contribution in [0.5, 0.6) is 0 Å². The Hall–Kier alpha value is -1.47. The van der Waals surface area contributed by atoms with Crippen molar-refractivity contribution in [2.24, 2.45) is 11.8 Å². The zero-order valence-electron chi connectivity index (χ0n) is 14.3. The summed E-state index contributed by atoms with van der Waals surface area (Å²) in [6.45, 7) is 5.28. The van der Waals surface area contributed by atoms with Crippen molar-refractivity contribution < 1.29 is 15.0 Å². The number of rotatable bonds is 4. The zero-order chi connectivity index (χ0) is 17.3. The average Bonchev–Trinajstić information content (AvgIpc) is 3.17. The number of benzene rings is 1. The molecule has 3 rings (SSSR count). The molecule has 6 heteroatoms. The van der Waals surface area contributed by atoms with Crippen molar-refractivity contribution in [3.63, 3.8) is 0 Å². The Kier molecular flexibility index (Phi) is 5.20. The van der Waals surface area contributed by atoms with Crippen LogP contribution in [0.4, 0.5) is 0 Å². The fourth-order valence-electron chi connectivity index (χ4n) is 4.03. The topological polar surface area (TPSA) is 84.8 Å². The molecule has 1 aromatic carbocycles. The maximum absolute atomic E-state index is 12.8. The number of nitrogens with zero attached hydrogens (tertiary/aromatic N) is 1. The normalized spacial score (nSPS) is 33.2. The second-order valence-electron chi connectivity index (χ2n) is 7.11. The minimum atomic E-state index is -0.0367. The van der Waals surface area contributed by atoms with Gasteiger partial charge in [-0.2, -0.15) is 0 Å². The van der Waals surface area contributed by atoms with Gasteiger partial charge in [0.2, 0.25) is 0 Å². The fourth-order valence-corrected chi connectivity index (χ4v) is 4.03. The van der Waals surface area contributed by atoms with Crippen molar-refractivity contribution in [3.8, 4) is 0 Å². The lowest BCUT2D eigenvalue weighted by atomic mass is 9.88. The Morgan fingerprint density at radius 2 is 1.71 bits per heavy atom. The molecule has 0 radical (unpaired) electrons. The molecule has 2 aliphatic rings. The minimum Gasteiger partial charge on any atom is -0.396 e. The van der Waals surface area contributed by atoms with Crippen molar-refractivity contribution in [3.05, 3.63) is 35.4 Å². The Morgan fingerprint density at radius 1 is 1.12 bits per heavy atom. The molecule has 4 atom stereocenters. The SMILES string of the molecule is CC1NNC(C)C1c1cccc(C(=O)N2C[C@@H](CO)[C@H](CO)C2)c1. The maximum Gasteiger partial charge on any atom is 0.253 e. The number of aliphatic hydroxyl groups is 2. The van der Waals surface area contributed by atoms with Crippen LogP contribution in [-0.4, -0.2) is 59.4 Å². The van der Waals surface area contributed by atoms with E-state index in [4.69, 9.17) is 0 Å². The molecule has 2 fully saturated rings. The average molecular weight is 333 g/mol. The molecular formula is C18H27N3O3. The van der Waals surface area contributed by atoms with E-state index in [2.05, 4.69) is 30.8 Å². The predicted molar refractivity (Wildman–Crippen MR) is 91.4 cm³/mol. The number of hydrogen-bond donors (Lipinski definition) is 4. The lowest BCUT2D eigenvalue weighted by Crippen LogP contribution is -2.30. The van der Waals surface area contributed by atoms with E-state index in [0.717, 1.165) is 5.56 Å². The third-order valence-corrected chi connectivity index (χ3v) is 5.47. The van der Waals surface area contributed by atoms with Crippen LogP contribution < -0.4 is 10.9 Å². The van der Waals surface area contributed by atoms with Crippen molar-refractivity contribution in [2.45, 2.75) is 31.8 Å². The molecule has 1 aromatic rings. The number of aliphatic hydroxyl groups excluding tert-OH is 2. The smallest absolute Gasteiger partial charge is 0.253 e. The number of hydrogen-bond acceptors (Lipinski definition) is 5. The van der Waals surface area contributed by atoms with Gasteiger partial charge in [0.05, 0.1) is 0 Å². The summed E-state index contributed by atoms with van der Waals surface area (Å²) in [5.74, 6) is 0.216. The fraction of sp³-hybridized carbons (Fsp3) is 0.611. The number of nitrogens with one attached hydrogen (secondary N) is 2. The molecule has 2 heterocycles. The van der Waals surface area contributed by atoms with Crippen molar-refractivity contribution in [2.75, 3.05) is 26.3 Å². The van der Waals surface area contributed by atoms with Crippen molar-refractivity contribution in [1.82, 2.24) is 15.8 Å². The second-order valence-corrected chi connectivity index (χ2v) is 7.11. The summed E-state index contributed by atoms with van der Waals surface area (Å²) in [6.07, 6.45) is 0. The number of carbonyl (C=O) groups is 1. The molecule has 1 amide bonds. The third kappa shape index (κ3) is 3.19. The number of amides is 1. The van der Waals surface area contributed by atoms with E-state index < -0.39 is 0 Å². The van der Waals surface area contributed by atoms with E-state index >= 15 is 0 Å². The Labute approximate surface area is 142 Å². The van der Waals surface area contributed by atoms with Crippen molar-refractivity contribution in [1.29, 1.82) is 0 Å². The van der Waals surface area contributed by atoms with Crippen LogP contribution in [0.1, 0.15) is 35.7 Å². The van der Waals surface area contributed by atoms with E-state index in [0.29, 0.717) is 36.7 Å². The minimum absolute atomic E-state index is 0.00346. The van der Waals surface area contributed by atoms with Crippen LogP contribution in [0.25, 0.3) is 0 Å². The number of likely N-dealkylation sites (tertiary alicyclic amines) is 1. The molecule has 0 bridgehead atoms. The Balaban J connectivity index is 1.78. The van der Waals surface area contributed by atoms with Gasteiger partial charge in [0, 0.05) is 61.7 Å². The van der Waals surface area contributed by atoms with Crippen LogP contribution in [0, 0.1) is 11.8 Å². The number of carbonyl (C=O) groups excluding carboxylic acids is 1. The van der Waals surface area contributed by atoms with Crippen LogP contribution in [0.2, 0.25) is 0 Å². The molecule has 0 aromatic heterocycles. The molecule has 2 unspecified atom stereocenters. The third-order valence-electron chi connectivity index (χ3n) is 5.47. The van der Waals surface area contributed by atoms with Crippen molar-refractivity contribution >= 4 is 5.91 Å². The Bertz CT molecular complexity index is 573. The summed E-state index contributed by atoms with van der Waals surface area (Å²) < 4.78 is 0. The van der Waals surface area contributed by atoms with Gasteiger partial charge in [0.25, 0.3) is 5.91 Å². The molecule has 6 nitrogen and oxygen atoms in total. The molecule has 2 aliphatic heterocycles. The standard InChI is InChI=1S/C18H27N3O3/c1-11-17(12(2)20-19-11)13-4-3-5-14(6-13)18(24)21-7-15(9-22)16(8-21)10-23/h3-6,11-12,15-17,19-20,22-23H,7-10H2,1-2H3/t11?,12?,15-,16-,17?/m0/s1. The highest BCUT2D eigenvalue weighted by atomic mass is 16.3. The van der Waals surface area contributed by atoms with Crippen LogP contribution >= 0.6 is 0 Å². The van der Waals surface area contributed by atoms with Gasteiger partial charge in [-0.3, -0.25) is 15.6 Å². The largest absolute Gasteiger partial charge is 0.396 e. The first-order valence-electron chi connectivity index (χ1n) is 8.67. The van der Waals surface area contributed by atoms with Gasteiger partial charge in [-0.05, 0) is 31.5 Å². The van der Waals surface area contributed by atoms with Gasteiger partial charge in [0.1, 0.15) is 0 Å². The molecule has 0 saturated carbocycles. The first-order chi connectivity index (χ1) is 11.5. The Morgan fingerprint density at radius 3 is 2.25 bits per heavy atom. The zero-order valence-corrected chi connectivity index (χ0v) is 14.3. The van der Waals surface area contributed by atoms with E-state index in [9.17, 15) is 15.0 Å². The van der Waals surface area contributed by atoms with Gasteiger partial charge in [-0.1, -0.05) is 12.1 Å². The van der Waals surface area contributed by atoms with E-state index in [1.54, 1.807) is 4.90 Å². The highest BCUT2D eigenvalue weighted by Gasteiger charge is 2.35. The summed E-state index contributed by atoms with van der Waals surface area (Å²) in [5, 5.41) is 18.8. The summed E-state index contributed by atoms with van der Waals surface area (Å²) >= 11 is 0. The first-order valence-corrected chi connectivity index (χ1v) is 8.67. The second kappa shape index (κ2) is 7.19. The summed E-state index contributed by atoms with van der Waals surface area (Å²) in [4.78, 5) is 14.6. The molecule has 4 N–H and O–H groups in total. The first kappa shape index (κ1) is 17.4.